The number of benzene rings is 2. The number of carbonyl (C=O) groups is 2. The van der Waals surface area contributed by atoms with Crippen molar-refractivity contribution in [2.45, 2.75) is 39.3 Å². The summed E-state index contributed by atoms with van der Waals surface area (Å²) in [4.78, 5) is 32.2. The second-order valence-electron chi connectivity index (χ2n) is 7.76. The van der Waals surface area contributed by atoms with Crippen molar-refractivity contribution in [1.29, 1.82) is 0 Å². The fraction of sp³-hybridized carbons (Fsp3) is 0.292. The maximum absolute atomic E-state index is 12.9. The van der Waals surface area contributed by atoms with Crippen molar-refractivity contribution in [2.24, 2.45) is 0 Å². The summed E-state index contributed by atoms with van der Waals surface area (Å²) in [6, 6.07) is 13.8. The van der Waals surface area contributed by atoms with Crippen LogP contribution in [0.15, 0.2) is 48.5 Å². The summed E-state index contributed by atoms with van der Waals surface area (Å²) >= 11 is 1.33. The Kier molecular flexibility index (Phi) is 6.69. The quantitative estimate of drug-likeness (QED) is 0.537. The Labute approximate surface area is 194 Å². The number of carbonyl (C=O) groups excluding carboxylic acids is 2. The average molecular weight is 472 g/mol. The largest absolute Gasteiger partial charge is 0.435 e. The lowest BCUT2D eigenvalue weighted by Crippen LogP contribution is -2.40. The SMILES string of the molecule is CC(=O)N1CCc2ccccc2C1CC(=O)Nc1nc(-c2ccc(OC(F)F)cc2)c(C)s1. The summed E-state index contributed by atoms with van der Waals surface area (Å²) in [5, 5.41) is 3.30. The second-order valence-corrected chi connectivity index (χ2v) is 8.96. The molecule has 4 rings (SSSR count). The first-order chi connectivity index (χ1) is 15.8. The first-order valence-corrected chi connectivity index (χ1v) is 11.3. The molecule has 0 radical (unpaired) electrons. The maximum Gasteiger partial charge on any atom is 0.387 e. The lowest BCUT2D eigenvalue weighted by Gasteiger charge is -2.36. The third-order valence-electron chi connectivity index (χ3n) is 5.59. The normalized spacial score (nSPS) is 15.3. The number of halogens is 2. The molecule has 1 aliphatic heterocycles. The van der Waals surface area contributed by atoms with Crippen LogP contribution >= 0.6 is 11.3 Å². The van der Waals surface area contributed by atoms with Crippen LogP contribution < -0.4 is 10.1 Å². The van der Waals surface area contributed by atoms with Crippen LogP contribution in [-0.2, 0) is 16.0 Å². The molecular weight excluding hydrogens is 448 g/mol. The van der Waals surface area contributed by atoms with E-state index < -0.39 is 6.61 Å². The van der Waals surface area contributed by atoms with Crippen LogP contribution in [0.2, 0.25) is 0 Å². The number of nitrogens with zero attached hydrogens (tertiary/aromatic N) is 2. The van der Waals surface area contributed by atoms with E-state index in [-0.39, 0.29) is 30.0 Å². The summed E-state index contributed by atoms with van der Waals surface area (Å²) in [7, 11) is 0. The van der Waals surface area contributed by atoms with Crippen molar-refractivity contribution < 1.29 is 23.1 Å². The molecule has 33 heavy (non-hydrogen) atoms. The van der Waals surface area contributed by atoms with Gasteiger partial charge in [0, 0.05) is 23.9 Å². The third-order valence-corrected chi connectivity index (χ3v) is 6.48. The van der Waals surface area contributed by atoms with Gasteiger partial charge in [0.05, 0.1) is 18.2 Å². The minimum absolute atomic E-state index is 0.0612. The molecule has 2 aromatic carbocycles. The van der Waals surface area contributed by atoms with Crippen LogP contribution in [0, 0.1) is 6.92 Å². The average Bonchev–Trinajstić information content (AvgIpc) is 3.13. The van der Waals surface area contributed by atoms with Crippen molar-refractivity contribution in [3.63, 3.8) is 0 Å². The summed E-state index contributed by atoms with van der Waals surface area (Å²) in [6.45, 7) is 1.10. The number of alkyl halides is 2. The maximum atomic E-state index is 12.9. The zero-order valence-corrected chi connectivity index (χ0v) is 19.0. The van der Waals surface area contributed by atoms with Gasteiger partial charge in [0.15, 0.2) is 5.13 Å². The summed E-state index contributed by atoms with van der Waals surface area (Å²) in [5.74, 6) is -0.226. The van der Waals surface area contributed by atoms with E-state index in [9.17, 15) is 18.4 Å². The standard InChI is InChI=1S/C24H23F2N3O3S/c1-14-22(17-7-9-18(10-8-17)32-23(25)26)28-24(33-14)27-21(31)13-20-19-6-4-3-5-16(19)11-12-29(20)15(2)30/h3-10,20,23H,11-13H2,1-2H3,(H,27,28,31). The molecule has 0 aliphatic carbocycles. The fourth-order valence-electron chi connectivity index (χ4n) is 4.11. The van der Waals surface area contributed by atoms with Crippen LogP contribution in [0.1, 0.15) is 35.4 Å². The van der Waals surface area contributed by atoms with Crippen LogP contribution in [-0.4, -0.2) is 34.9 Å². The molecule has 2 heterocycles. The predicted molar refractivity (Wildman–Crippen MR) is 122 cm³/mol. The van der Waals surface area contributed by atoms with Crippen molar-refractivity contribution in [2.75, 3.05) is 11.9 Å². The molecular formula is C24H23F2N3O3S. The highest BCUT2D eigenvalue weighted by Gasteiger charge is 2.30. The molecule has 172 valence electrons. The number of hydrogen-bond acceptors (Lipinski definition) is 5. The van der Waals surface area contributed by atoms with E-state index in [1.54, 1.807) is 17.0 Å². The molecule has 9 heteroatoms. The Morgan fingerprint density at radius 2 is 1.94 bits per heavy atom. The van der Waals surface area contributed by atoms with E-state index in [1.807, 2.05) is 31.2 Å². The molecule has 0 saturated heterocycles. The number of hydrogen-bond donors (Lipinski definition) is 1. The van der Waals surface area contributed by atoms with Gasteiger partial charge in [-0.05, 0) is 48.7 Å². The number of nitrogens with one attached hydrogen (secondary N) is 1. The molecule has 1 atom stereocenters. The van der Waals surface area contributed by atoms with Gasteiger partial charge in [0.1, 0.15) is 5.75 Å². The highest BCUT2D eigenvalue weighted by molar-refractivity contribution is 7.16. The Morgan fingerprint density at radius 1 is 1.21 bits per heavy atom. The van der Waals surface area contributed by atoms with Crippen LogP contribution in [0.4, 0.5) is 13.9 Å². The number of amides is 2. The predicted octanol–water partition coefficient (Wildman–Crippen LogP) is 5.19. The van der Waals surface area contributed by atoms with Gasteiger partial charge in [-0.3, -0.25) is 9.59 Å². The molecule has 1 N–H and O–H groups in total. The summed E-state index contributed by atoms with van der Waals surface area (Å²) < 4.78 is 29.1. The molecule has 1 aliphatic rings. The molecule has 1 unspecified atom stereocenters. The Morgan fingerprint density at radius 3 is 2.64 bits per heavy atom. The summed E-state index contributed by atoms with van der Waals surface area (Å²) in [5.41, 5.74) is 3.54. The number of aryl methyl sites for hydroxylation is 1. The number of aromatic nitrogens is 1. The van der Waals surface area contributed by atoms with E-state index in [0.717, 1.165) is 28.0 Å². The van der Waals surface area contributed by atoms with E-state index in [1.165, 1.54) is 30.4 Å². The highest BCUT2D eigenvalue weighted by Crippen LogP contribution is 2.34. The van der Waals surface area contributed by atoms with Gasteiger partial charge in [0.25, 0.3) is 0 Å². The molecule has 2 amide bonds. The molecule has 3 aromatic rings. The number of thiazole rings is 1. The van der Waals surface area contributed by atoms with Crippen LogP contribution in [0.25, 0.3) is 11.3 Å². The molecule has 6 nitrogen and oxygen atoms in total. The molecule has 0 saturated carbocycles. The van der Waals surface area contributed by atoms with Gasteiger partial charge in [-0.25, -0.2) is 4.98 Å². The van der Waals surface area contributed by atoms with Crippen molar-refractivity contribution in [1.82, 2.24) is 9.88 Å². The van der Waals surface area contributed by atoms with Crippen LogP contribution in [0.3, 0.4) is 0 Å². The van der Waals surface area contributed by atoms with Gasteiger partial charge in [0.2, 0.25) is 11.8 Å². The fourth-order valence-corrected chi connectivity index (χ4v) is 4.96. The molecule has 0 spiro atoms. The van der Waals surface area contributed by atoms with E-state index in [2.05, 4.69) is 15.0 Å². The second kappa shape index (κ2) is 9.66. The number of rotatable bonds is 6. The van der Waals surface area contributed by atoms with Crippen LogP contribution in [0.5, 0.6) is 5.75 Å². The van der Waals surface area contributed by atoms with Gasteiger partial charge in [-0.2, -0.15) is 8.78 Å². The zero-order valence-electron chi connectivity index (χ0n) is 18.2. The lowest BCUT2D eigenvalue weighted by atomic mass is 9.90. The van der Waals surface area contributed by atoms with E-state index in [0.29, 0.717) is 17.4 Å². The van der Waals surface area contributed by atoms with Gasteiger partial charge >= 0.3 is 6.61 Å². The smallest absolute Gasteiger partial charge is 0.387 e. The topological polar surface area (TPSA) is 71.5 Å². The zero-order chi connectivity index (χ0) is 23.5. The summed E-state index contributed by atoms with van der Waals surface area (Å²) in [6.07, 6.45) is 0.897. The Balaban J connectivity index is 1.49. The number of ether oxygens (including phenoxy) is 1. The monoisotopic (exact) mass is 471 g/mol. The van der Waals surface area contributed by atoms with Gasteiger partial charge in [-0.15, -0.1) is 11.3 Å². The van der Waals surface area contributed by atoms with Crippen molar-refractivity contribution in [3.05, 3.63) is 64.5 Å². The van der Waals surface area contributed by atoms with Gasteiger partial charge in [-0.1, -0.05) is 24.3 Å². The first kappa shape index (κ1) is 22.8. The Hall–Kier alpha value is -3.33. The minimum Gasteiger partial charge on any atom is -0.435 e. The van der Waals surface area contributed by atoms with E-state index in [4.69, 9.17) is 0 Å². The minimum atomic E-state index is -2.88. The first-order valence-electron chi connectivity index (χ1n) is 10.5. The lowest BCUT2D eigenvalue weighted by molar-refractivity contribution is -0.132. The highest BCUT2D eigenvalue weighted by atomic mass is 32.1. The Bertz CT molecular complexity index is 1160. The third kappa shape index (κ3) is 5.19. The molecule has 0 bridgehead atoms. The molecule has 0 fully saturated rings. The van der Waals surface area contributed by atoms with E-state index >= 15 is 0 Å². The van der Waals surface area contributed by atoms with Gasteiger partial charge < -0.3 is 15.0 Å². The number of fused-ring (bicyclic) bond motifs is 1. The van der Waals surface area contributed by atoms with Crippen molar-refractivity contribution in [3.8, 4) is 17.0 Å². The molecule has 1 aromatic heterocycles. The number of anilines is 1. The van der Waals surface area contributed by atoms with Crippen molar-refractivity contribution >= 4 is 28.3 Å².